The van der Waals surface area contributed by atoms with E-state index in [2.05, 4.69) is 36.3 Å². The molecule has 2 unspecified atom stereocenters. The summed E-state index contributed by atoms with van der Waals surface area (Å²) in [5.41, 5.74) is 8.66. The molecule has 0 aliphatic carbocycles. The third-order valence-corrected chi connectivity index (χ3v) is 3.84. The molecule has 3 N–H and O–H groups in total. The van der Waals surface area contributed by atoms with Crippen molar-refractivity contribution >= 4 is 0 Å². The fourth-order valence-electron chi connectivity index (χ4n) is 2.72. The van der Waals surface area contributed by atoms with E-state index in [1.165, 1.54) is 5.56 Å². The van der Waals surface area contributed by atoms with Crippen molar-refractivity contribution in [1.29, 1.82) is 0 Å². The molecule has 1 aromatic carbocycles. The van der Waals surface area contributed by atoms with E-state index < -0.39 is 0 Å². The zero-order valence-electron chi connectivity index (χ0n) is 12.1. The van der Waals surface area contributed by atoms with Crippen molar-refractivity contribution in [2.24, 2.45) is 5.73 Å². The van der Waals surface area contributed by atoms with Crippen LogP contribution in [-0.4, -0.2) is 44.7 Å². The zero-order chi connectivity index (χ0) is 13.8. The Hall–Kier alpha value is -1.10. The van der Waals surface area contributed by atoms with E-state index in [-0.39, 0.29) is 6.04 Å². The summed E-state index contributed by atoms with van der Waals surface area (Å²) in [6.07, 6.45) is 0.968. The van der Waals surface area contributed by atoms with E-state index in [1.54, 1.807) is 7.11 Å². The molecule has 0 radical (unpaired) electrons. The molecule has 106 valence electrons. The van der Waals surface area contributed by atoms with Crippen molar-refractivity contribution in [2.45, 2.75) is 25.4 Å². The lowest BCUT2D eigenvalue weighted by molar-refractivity contribution is 0.225. The minimum atomic E-state index is 0.0774. The van der Waals surface area contributed by atoms with E-state index >= 15 is 0 Å². The van der Waals surface area contributed by atoms with E-state index in [0.29, 0.717) is 6.04 Å². The van der Waals surface area contributed by atoms with Gasteiger partial charge in [-0.3, -0.25) is 0 Å². The van der Waals surface area contributed by atoms with Gasteiger partial charge in [-0.05, 0) is 37.6 Å². The van der Waals surface area contributed by atoms with Crippen molar-refractivity contribution in [3.63, 3.8) is 0 Å². The van der Waals surface area contributed by atoms with Gasteiger partial charge in [0, 0.05) is 31.7 Å². The number of hydrogen-bond acceptors (Lipinski definition) is 4. The Morgan fingerprint density at radius 1 is 1.53 bits per heavy atom. The number of methoxy groups -OCH3 is 1. The molecule has 1 aliphatic rings. The largest absolute Gasteiger partial charge is 0.496 e. The average Bonchev–Trinajstić information content (AvgIpc) is 2.38. The molecule has 0 spiro atoms. The lowest BCUT2D eigenvalue weighted by Crippen LogP contribution is -2.49. The minimum absolute atomic E-state index is 0.0774. The molecule has 1 saturated heterocycles. The molecule has 4 nitrogen and oxygen atoms in total. The lowest BCUT2D eigenvalue weighted by atomic mass is 9.97. The molecule has 0 aromatic heterocycles. The summed E-state index contributed by atoms with van der Waals surface area (Å²) in [4.78, 5) is 2.35. The Bertz CT molecular complexity index is 422. The summed E-state index contributed by atoms with van der Waals surface area (Å²) in [6, 6.07) is 6.77. The maximum Gasteiger partial charge on any atom is 0.121 e. The molecule has 0 saturated carbocycles. The molecule has 0 bridgehead atoms. The molecule has 0 amide bonds. The lowest BCUT2D eigenvalue weighted by Gasteiger charge is -2.32. The molecule has 1 fully saturated rings. The fourth-order valence-corrected chi connectivity index (χ4v) is 2.72. The van der Waals surface area contributed by atoms with Gasteiger partial charge in [0.25, 0.3) is 0 Å². The van der Waals surface area contributed by atoms with Crippen molar-refractivity contribution in [1.82, 2.24) is 10.2 Å². The Kier molecular flexibility index (Phi) is 4.80. The van der Waals surface area contributed by atoms with Gasteiger partial charge in [0.2, 0.25) is 0 Å². The molecule has 2 atom stereocenters. The molecule has 19 heavy (non-hydrogen) atoms. The second-order valence-electron chi connectivity index (χ2n) is 5.48. The van der Waals surface area contributed by atoms with Crippen molar-refractivity contribution in [2.75, 3.05) is 33.8 Å². The summed E-state index contributed by atoms with van der Waals surface area (Å²) in [6.45, 7) is 5.30. The average molecular weight is 263 g/mol. The van der Waals surface area contributed by atoms with Crippen LogP contribution in [0.5, 0.6) is 5.75 Å². The number of nitrogens with one attached hydrogen (secondary N) is 1. The quantitative estimate of drug-likeness (QED) is 0.859. The van der Waals surface area contributed by atoms with Crippen molar-refractivity contribution in [3.05, 3.63) is 29.3 Å². The van der Waals surface area contributed by atoms with Gasteiger partial charge in [-0.1, -0.05) is 12.1 Å². The van der Waals surface area contributed by atoms with Crippen LogP contribution in [0.3, 0.4) is 0 Å². The number of aryl methyl sites for hydroxylation is 1. The number of benzene rings is 1. The first-order valence-electron chi connectivity index (χ1n) is 6.92. The normalized spacial score (nSPS) is 22.2. The Morgan fingerprint density at radius 3 is 2.95 bits per heavy atom. The second kappa shape index (κ2) is 6.37. The highest BCUT2D eigenvalue weighted by molar-refractivity contribution is 5.37. The van der Waals surface area contributed by atoms with Crippen LogP contribution in [0.4, 0.5) is 0 Å². The number of rotatable bonds is 4. The van der Waals surface area contributed by atoms with Gasteiger partial charge in [-0.25, -0.2) is 0 Å². The summed E-state index contributed by atoms with van der Waals surface area (Å²) >= 11 is 0. The van der Waals surface area contributed by atoms with E-state index in [9.17, 15) is 0 Å². The van der Waals surface area contributed by atoms with Gasteiger partial charge in [0.15, 0.2) is 0 Å². The standard InChI is InChI=1S/C15H25N3O/c1-11-8-12(4-5-15(11)19-3)14(16)9-13-10-18(2)7-6-17-13/h4-5,8,13-14,17H,6-7,9-10,16H2,1-3H3. The van der Waals surface area contributed by atoms with Gasteiger partial charge < -0.3 is 20.7 Å². The van der Waals surface area contributed by atoms with Crippen molar-refractivity contribution < 1.29 is 4.74 Å². The number of nitrogens with zero attached hydrogens (tertiary/aromatic N) is 1. The maximum absolute atomic E-state index is 6.33. The molecule has 1 aliphatic heterocycles. The number of piperazine rings is 1. The molecule has 4 heteroatoms. The predicted molar refractivity (Wildman–Crippen MR) is 78.6 cm³/mol. The highest BCUT2D eigenvalue weighted by atomic mass is 16.5. The summed E-state index contributed by atoms with van der Waals surface area (Å²) in [7, 11) is 3.86. The smallest absolute Gasteiger partial charge is 0.121 e. The van der Waals surface area contributed by atoms with E-state index in [4.69, 9.17) is 10.5 Å². The van der Waals surface area contributed by atoms with Crippen LogP contribution in [-0.2, 0) is 0 Å². The molecule has 1 aromatic rings. The van der Waals surface area contributed by atoms with Crippen molar-refractivity contribution in [3.8, 4) is 5.75 Å². The summed E-state index contributed by atoms with van der Waals surface area (Å²) in [5, 5.41) is 3.54. The SMILES string of the molecule is COc1ccc(C(N)CC2CN(C)CCN2)cc1C. The first-order valence-corrected chi connectivity index (χ1v) is 6.92. The Balaban J connectivity index is 1.99. The van der Waals surface area contributed by atoms with Gasteiger partial charge in [0.05, 0.1) is 7.11 Å². The van der Waals surface area contributed by atoms with Crippen LogP contribution >= 0.6 is 0 Å². The van der Waals surface area contributed by atoms with Gasteiger partial charge >= 0.3 is 0 Å². The highest BCUT2D eigenvalue weighted by Gasteiger charge is 2.20. The number of hydrogen-bond donors (Lipinski definition) is 2. The van der Waals surface area contributed by atoms with Gasteiger partial charge in [-0.2, -0.15) is 0 Å². The fraction of sp³-hybridized carbons (Fsp3) is 0.600. The van der Waals surface area contributed by atoms with Crippen LogP contribution < -0.4 is 15.8 Å². The molecular formula is C15H25N3O. The van der Waals surface area contributed by atoms with Crippen LogP contribution in [0.25, 0.3) is 0 Å². The van der Waals surface area contributed by atoms with Crippen LogP contribution in [0.15, 0.2) is 18.2 Å². The monoisotopic (exact) mass is 263 g/mol. The first kappa shape index (κ1) is 14.3. The predicted octanol–water partition coefficient (Wildman–Crippen LogP) is 1.30. The van der Waals surface area contributed by atoms with Crippen LogP contribution in [0.1, 0.15) is 23.6 Å². The van der Waals surface area contributed by atoms with Crippen LogP contribution in [0, 0.1) is 6.92 Å². The molecular weight excluding hydrogens is 238 g/mol. The summed E-state index contributed by atoms with van der Waals surface area (Å²) < 4.78 is 5.28. The Morgan fingerprint density at radius 2 is 2.32 bits per heavy atom. The first-order chi connectivity index (χ1) is 9.10. The Labute approximate surface area is 115 Å². The summed E-state index contributed by atoms with van der Waals surface area (Å²) in [5.74, 6) is 0.923. The minimum Gasteiger partial charge on any atom is -0.496 e. The topological polar surface area (TPSA) is 50.5 Å². The van der Waals surface area contributed by atoms with E-state index in [1.807, 2.05) is 6.07 Å². The number of likely N-dealkylation sites (N-methyl/N-ethyl adjacent to an activating group) is 1. The highest BCUT2D eigenvalue weighted by Crippen LogP contribution is 2.24. The second-order valence-corrected chi connectivity index (χ2v) is 5.48. The van der Waals surface area contributed by atoms with Gasteiger partial charge in [0.1, 0.15) is 5.75 Å². The number of nitrogens with two attached hydrogens (primary N) is 1. The maximum atomic E-state index is 6.33. The molecule has 1 heterocycles. The third-order valence-electron chi connectivity index (χ3n) is 3.84. The molecule has 2 rings (SSSR count). The third kappa shape index (κ3) is 3.69. The van der Waals surface area contributed by atoms with Crippen LogP contribution in [0.2, 0.25) is 0 Å². The van der Waals surface area contributed by atoms with Gasteiger partial charge in [-0.15, -0.1) is 0 Å². The zero-order valence-corrected chi connectivity index (χ0v) is 12.1. The number of ether oxygens (including phenoxy) is 1. The van der Waals surface area contributed by atoms with E-state index in [0.717, 1.165) is 37.4 Å².